The van der Waals surface area contributed by atoms with E-state index < -0.39 is 17.3 Å². The lowest BCUT2D eigenvalue weighted by Crippen LogP contribution is -2.20. The van der Waals surface area contributed by atoms with Gasteiger partial charge in [0.25, 0.3) is 5.56 Å². The fraction of sp³-hybridized carbons (Fsp3) is 0.192. The summed E-state index contributed by atoms with van der Waals surface area (Å²) in [5.74, 6) is 0.459. The largest absolute Gasteiger partial charge is 0.488 e. The van der Waals surface area contributed by atoms with Crippen LogP contribution < -0.4 is 10.3 Å². The molecule has 4 rings (SSSR count). The van der Waals surface area contributed by atoms with Crippen molar-refractivity contribution >= 4 is 44.6 Å². The van der Waals surface area contributed by atoms with Crippen molar-refractivity contribution in [3.05, 3.63) is 91.6 Å². The topological polar surface area (TPSA) is 56.5 Å². The van der Waals surface area contributed by atoms with Gasteiger partial charge < -0.3 is 4.74 Å². The fourth-order valence-corrected chi connectivity index (χ4v) is 4.39. The summed E-state index contributed by atoms with van der Waals surface area (Å²) in [7, 11) is 0. The van der Waals surface area contributed by atoms with E-state index in [0.717, 1.165) is 23.2 Å². The first-order chi connectivity index (χ1) is 17.1. The summed E-state index contributed by atoms with van der Waals surface area (Å²) in [6, 6.07) is 14.5. The van der Waals surface area contributed by atoms with Crippen LogP contribution in [0.25, 0.3) is 22.3 Å². The van der Waals surface area contributed by atoms with Crippen LogP contribution in [0.3, 0.4) is 0 Å². The molecular weight excluding hydrogens is 559 g/mol. The number of hydrogen-bond donors (Lipinski definition) is 0. The monoisotopic (exact) mass is 577 g/mol. The standard InChI is InChI=1S/C26H20BrClF3N3O2/c1-3-15(2)36-23-20(27)11-16(12-21(23)28)14-32-34-24(17-7-6-8-18(13-17)26(29,30)31)33-22-10-5-4-9-19(22)25(34)35/h4-15H,3H2,1-2H3/t15-/m0/s1. The van der Waals surface area contributed by atoms with Crippen LogP contribution in [0.4, 0.5) is 13.2 Å². The molecule has 0 amide bonds. The molecule has 0 fully saturated rings. The van der Waals surface area contributed by atoms with Gasteiger partial charge in [-0.15, -0.1) is 0 Å². The van der Waals surface area contributed by atoms with Gasteiger partial charge in [-0.05, 0) is 71.2 Å². The molecule has 1 heterocycles. The van der Waals surface area contributed by atoms with Crippen molar-refractivity contribution in [3.63, 3.8) is 0 Å². The van der Waals surface area contributed by atoms with E-state index >= 15 is 0 Å². The van der Waals surface area contributed by atoms with Gasteiger partial charge in [0.2, 0.25) is 0 Å². The summed E-state index contributed by atoms with van der Waals surface area (Å²) in [4.78, 5) is 17.8. The van der Waals surface area contributed by atoms with E-state index in [0.29, 0.717) is 26.3 Å². The van der Waals surface area contributed by atoms with Crippen LogP contribution in [0, 0.1) is 0 Å². The van der Waals surface area contributed by atoms with Crippen LogP contribution in [-0.4, -0.2) is 22.0 Å². The van der Waals surface area contributed by atoms with E-state index in [9.17, 15) is 18.0 Å². The number of para-hydroxylation sites is 1. The summed E-state index contributed by atoms with van der Waals surface area (Å²) in [5.41, 5.74) is -0.393. The molecule has 4 aromatic rings. The molecule has 1 aromatic heterocycles. The Labute approximate surface area is 218 Å². The molecule has 0 unspecified atom stereocenters. The number of halogens is 5. The van der Waals surface area contributed by atoms with Crippen molar-refractivity contribution in [3.8, 4) is 17.1 Å². The van der Waals surface area contributed by atoms with Crippen LogP contribution in [0.15, 0.2) is 75.0 Å². The SMILES string of the molecule is CC[C@H](C)Oc1c(Cl)cc(C=Nn2c(-c3cccc(C(F)(F)F)c3)nc3ccccc3c2=O)cc1Br. The summed E-state index contributed by atoms with van der Waals surface area (Å²) in [5, 5.41) is 4.92. The second-order valence-corrected chi connectivity index (χ2v) is 9.30. The molecule has 10 heteroatoms. The Morgan fingerprint density at radius 2 is 1.92 bits per heavy atom. The predicted molar refractivity (Wildman–Crippen MR) is 139 cm³/mol. The lowest BCUT2D eigenvalue weighted by molar-refractivity contribution is -0.137. The van der Waals surface area contributed by atoms with Gasteiger partial charge in [-0.3, -0.25) is 4.79 Å². The summed E-state index contributed by atoms with van der Waals surface area (Å²) >= 11 is 9.86. The van der Waals surface area contributed by atoms with E-state index in [-0.39, 0.29) is 22.9 Å². The highest BCUT2D eigenvalue weighted by Crippen LogP contribution is 2.35. The molecular formula is C26H20BrClF3N3O2. The van der Waals surface area contributed by atoms with Gasteiger partial charge >= 0.3 is 6.18 Å². The predicted octanol–water partition coefficient (Wildman–Crippen LogP) is 7.56. The molecule has 36 heavy (non-hydrogen) atoms. The van der Waals surface area contributed by atoms with Crippen molar-refractivity contribution in [2.24, 2.45) is 5.10 Å². The fourth-order valence-electron chi connectivity index (χ4n) is 3.43. The number of ether oxygens (including phenoxy) is 1. The maximum absolute atomic E-state index is 13.4. The van der Waals surface area contributed by atoms with Crippen LogP contribution in [0.5, 0.6) is 5.75 Å². The van der Waals surface area contributed by atoms with Gasteiger partial charge in [0.1, 0.15) is 0 Å². The minimum absolute atomic E-state index is 0.0251. The molecule has 0 aliphatic heterocycles. The first-order valence-electron chi connectivity index (χ1n) is 11.0. The minimum atomic E-state index is -4.55. The van der Waals surface area contributed by atoms with E-state index in [1.54, 1.807) is 36.4 Å². The molecule has 0 radical (unpaired) electrons. The second-order valence-electron chi connectivity index (χ2n) is 8.04. The average molecular weight is 579 g/mol. The maximum Gasteiger partial charge on any atom is 0.416 e. The Balaban J connectivity index is 1.85. The van der Waals surface area contributed by atoms with Crippen molar-refractivity contribution < 1.29 is 17.9 Å². The van der Waals surface area contributed by atoms with E-state index in [4.69, 9.17) is 16.3 Å². The normalized spacial score (nSPS) is 12.9. The summed E-state index contributed by atoms with van der Waals surface area (Å²) < 4.78 is 47.5. The molecule has 0 spiro atoms. The molecule has 5 nitrogen and oxygen atoms in total. The van der Waals surface area contributed by atoms with Crippen LogP contribution >= 0.6 is 27.5 Å². The maximum atomic E-state index is 13.4. The molecule has 0 aliphatic rings. The Morgan fingerprint density at radius 3 is 2.61 bits per heavy atom. The molecule has 0 saturated heterocycles. The van der Waals surface area contributed by atoms with Crippen LogP contribution in [0.1, 0.15) is 31.4 Å². The van der Waals surface area contributed by atoms with Crippen molar-refractivity contribution in [2.45, 2.75) is 32.5 Å². The summed E-state index contributed by atoms with van der Waals surface area (Å²) in [6.07, 6.45) is -2.42. The third kappa shape index (κ3) is 5.47. The molecule has 0 saturated carbocycles. The Morgan fingerprint density at radius 1 is 1.17 bits per heavy atom. The van der Waals surface area contributed by atoms with Crippen molar-refractivity contribution in [2.75, 3.05) is 0 Å². The highest BCUT2D eigenvalue weighted by atomic mass is 79.9. The number of aromatic nitrogens is 2. The smallest absolute Gasteiger partial charge is 0.416 e. The quantitative estimate of drug-likeness (QED) is 0.222. The number of rotatable bonds is 6. The number of alkyl halides is 3. The molecule has 3 aromatic carbocycles. The second kappa shape index (κ2) is 10.4. The van der Waals surface area contributed by atoms with E-state index in [2.05, 4.69) is 26.0 Å². The zero-order valence-corrected chi connectivity index (χ0v) is 21.5. The summed E-state index contributed by atoms with van der Waals surface area (Å²) in [6.45, 7) is 3.91. The first-order valence-corrected chi connectivity index (χ1v) is 12.1. The Hall–Kier alpha value is -3.17. The minimum Gasteiger partial charge on any atom is -0.488 e. The average Bonchev–Trinajstić information content (AvgIpc) is 2.85. The third-order valence-corrected chi connectivity index (χ3v) is 6.31. The number of hydrogen-bond acceptors (Lipinski definition) is 4. The number of nitrogens with zero attached hydrogens (tertiary/aromatic N) is 3. The van der Waals surface area contributed by atoms with Gasteiger partial charge in [-0.1, -0.05) is 42.8 Å². The molecule has 1 atom stereocenters. The highest BCUT2D eigenvalue weighted by Gasteiger charge is 2.31. The van der Waals surface area contributed by atoms with Gasteiger partial charge in [0.15, 0.2) is 11.6 Å². The van der Waals surface area contributed by atoms with Crippen molar-refractivity contribution in [1.82, 2.24) is 9.66 Å². The van der Waals surface area contributed by atoms with Crippen LogP contribution in [0.2, 0.25) is 5.02 Å². The zero-order valence-electron chi connectivity index (χ0n) is 19.2. The number of fused-ring (bicyclic) bond motifs is 1. The van der Waals surface area contributed by atoms with Crippen LogP contribution in [-0.2, 0) is 6.18 Å². The van der Waals surface area contributed by atoms with Crippen molar-refractivity contribution in [1.29, 1.82) is 0 Å². The lowest BCUT2D eigenvalue weighted by Gasteiger charge is -2.16. The molecule has 0 aliphatic carbocycles. The molecule has 0 N–H and O–H groups in total. The molecule has 0 bridgehead atoms. The Bertz CT molecular complexity index is 1500. The van der Waals surface area contributed by atoms with Gasteiger partial charge in [-0.25, -0.2) is 4.98 Å². The van der Waals surface area contributed by atoms with Gasteiger partial charge in [-0.2, -0.15) is 22.9 Å². The lowest BCUT2D eigenvalue weighted by atomic mass is 10.1. The van der Waals surface area contributed by atoms with E-state index in [1.165, 1.54) is 18.3 Å². The number of benzene rings is 3. The Kier molecular flexibility index (Phi) is 7.51. The zero-order chi connectivity index (χ0) is 26.0. The van der Waals surface area contributed by atoms with Gasteiger partial charge in [0, 0.05) is 5.56 Å². The molecule has 186 valence electrons. The highest BCUT2D eigenvalue weighted by molar-refractivity contribution is 9.10. The van der Waals surface area contributed by atoms with E-state index in [1.807, 2.05) is 13.8 Å². The third-order valence-electron chi connectivity index (χ3n) is 5.44. The first kappa shape index (κ1) is 25.9. The van der Waals surface area contributed by atoms with Gasteiger partial charge in [0.05, 0.1) is 38.3 Å².